The molecule has 1 aromatic carbocycles. The molecule has 1 aromatic rings. The van der Waals surface area contributed by atoms with Gasteiger partial charge in [0.05, 0.1) is 5.56 Å². The maximum Gasteiger partial charge on any atom is 0.417 e. The standard InChI is InChI=1S/C12H11BrF3NO/c1-6-4-8(6)11(18)17-7-2-3-10(13)9(5-7)12(14,15)16/h2-3,5-6,8H,4H2,1H3,(H,17,18)/t6-,8+/m0/s1. The van der Waals surface area contributed by atoms with E-state index in [1.807, 2.05) is 6.92 Å². The lowest BCUT2D eigenvalue weighted by molar-refractivity contribution is -0.138. The number of benzene rings is 1. The van der Waals surface area contributed by atoms with E-state index in [4.69, 9.17) is 0 Å². The first-order valence-electron chi connectivity index (χ1n) is 5.46. The number of amides is 1. The molecule has 1 aliphatic rings. The van der Waals surface area contributed by atoms with E-state index < -0.39 is 11.7 Å². The van der Waals surface area contributed by atoms with Crippen LogP contribution in [0, 0.1) is 11.8 Å². The molecule has 2 rings (SSSR count). The molecule has 0 spiro atoms. The second-order valence-electron chi connectivity index (χ2n) is 4.50. The fourth-order valence-corrected chi connectivity index (χ4v) is 2.21. The molecule has 6 heteroatoms. The van der Waals surface area contributed by atoms with Gasteiger partial charge < -0.3 is 5.32 Å². The van der Waals surface area contributed by atoms with Crippen molar-refractivity contribution in [3.8, 4) is 0 Å². The van der Waals surface area contributed by atoms with Crippen molar-refractivity contribution in [1.29, 1.82) is 0 Å². The molecule has 1 aliphatic carbocycles. The van der Waals surface area contributed by atoms with Gasteiger partial charge in [-0.1, -0.05) is 22.9 Å². The maximum absolute atomic E-state index is 12.7. The molecule has 0 heterocycles. The van der Waals surface area contributed by atoms with Gasteiger partial charge in [-0.2, -0.15) is 13.2 Å². The summed E-state index contributed by atoms with van der Waals surface area (Å²) in [5.41, 5.74) is -0.612. The van der Waals surface area contributed by atoms with Gasteiger partial charge in [0, 0.05) is 16.1 Å². The molecule has 1 fully saturated rings. The van der Waals surface area contributed by atoms with E-state index in [1.165, 1.54) is 12.1 Å². The summed E-state index contributed by atoms with van der Waals surface area (Å²) in [6.07, 6.45) is -3.64. The number of hydrogen-bond donors (Lipinski definition) is 1. The number of carbonyl (C=O) groups excluding carboxylic acids is 1. The van der Waals surface area contributed by atoms with Crippen LogP contribution in [-0.4, -0.2) is 5.91 Å². The number of rotatable bonds is 2. The Morgan fingerprint density at radius 2 is 2.06 bits per heavy atom. The van der Waals surface area contributed by atoms with Gasteiger partial charge in [0.2, 0.25) is 5.91 Å². The topological polar surface area (TPSA) is 29.1 Å². The van der Waals surface area contributed by atoms with Gasteiger partial charge in [-0.15, -0.1) is 0 Å². The molecule has 0 aromatic heterocycles. The summed E-state index contributed by atoms with van der Waals surface area (Å²) >= 11 is 2.85. The summed E-state index contributed by atoms with van der Waals surface area (Å²) < 4.78 is 37.9. The third-order valence-corrected chi connectivity index (χ3v) is 3.68. The molecule has 1 N–H and O–H groups in total. The molecule has 0 saturated heterocycles. The van der Waals surface area contributed by atoms with Gasteiger partial charge in [-0.25, -0.2) is 0 Å². The van der Waals surface area contributed by atoms with Crippen LogP contribution in [0.25, 0.3) is 0 Å². The number of nitrogens with one attached hydrogen (secondary N) is 1. The van der Waals surface area contributed by atoms with E-state index in [0.717, 1.165) is 12.5 Å². The van der Waals surface area contributed by atoms with Crippen LogP contribution < -0.4 is 5.32 Å². The number of alkyl halides is 3. The summed E-state index contributed by atoms with van der Waals surface area (Å²) in [5, 5.41) is 2.51. The van der Waals surface area contributed by atoms with Crippen LogP contribution in [0.3, 0.4) is 0 Å². The molecule has 0 radical (unpaired) electrons. The van der Waals surface area contributed by atoms with Crippen molar-refractivity contribution in [2.45, 2.75) is 19.5 Å². The van der Waals surface area contributed by atoms with Crippen LogP contribution in [-0.2, 0) is 11.0 Å². The summed E-state index contributed by atoms with van der Waals surface area (Å²) in [4.78, 5) is 11.6. The van der Waals surface area contributed by atoms with E-state index in [1.54, 1.807) is 0 Å². The number of carbonyl (C=O) groups is 1. The van der Waals surface area contributed by atoms with Crippen LogP contribution in [0.5, 0.6) is 0 Å². The van der Waals surface area contributed by atoms with E-state index in [9.17, 15) is 18.0 Å². The zero-order chi connectivity index (χ0) is 13.5. The minimum atomic E-state index is -4.44. The summed E-state index contributed by atoms with van der Waals surface area (Å²) in [6, 6.07) is 3.67. The highest BCUT2D eigenvalue weighted by molar-refractivity contribution is 9.10. The Labute approximate surface area is 111 Å². The predicted molar refractivity (Wildman–Crippen MR) is 65.0 cm³/mol. The third kappa shape index (κ3) is 2.85. The van der Waals surface area contributed by atoms with Crippen LogP contribution in [0.2, 0.25) is 0 Å². The van der Waals surface area contributed by atoms with Crippen molar-refractivity contribution < 1.29 is 18.0 Å². The summed E-state index contributed by atoms with van der Waals surface area (Å²) in [7, 11) is 0. The monoisotopic (exact) mass is 321 g/mol. The minimum absolute atomic E-state index is 0.0345. The lowest BCUT2D eigenvalue weighted by Crippen LogP contribution is -2.15. The summed E-state index contributed by atoms with van der Waals surface area (Å²) in [5.74, 6) is 0.0449. The van der Waals surface area contributed by atoms with E-state index in [2.05, 4.69) is 21.2 Å². The Morgan fingerprint density at radius 1 is 1.44 bits per heavy atom. The Kier molecular flexibility index (Phi) is 3.40. The highest BCUT2D eigenvalue weighted by Gasteiger charge is 2.39. The molecule has 0 unspecified atom stereocenters. The van der Waals surface area contributed by atoms with Crippen LogP contribution in [0.15, 0.2) is 22.7 Å². The Morgan fingerprint density at radius 3 is 2.56 bits per heavy atom. The molecular formula is C12H11BrF3NO. The van der Waals surface area contributed by atoms with Gasteiger partial charge in [0.1, 0.15) is 0 Å². The van der Waals surface area contributed by atoms with Crippen LogP contribution in [0.4, 0.5) is 18.9 Å². The Bertz CT molecular complexity index is 487. The molecule has 1 saturated carbocycles. The van der Waals surface area contributed by atoms with Crippen molar-refractivity contribution in [3.05, 3.63) is 28.2 Å². The molecule has 2 atom stereocenters. The molecule has 98 valence electrons. The van der Waals surface area contributed by atoms with Gasteiger partial charge in [0.15, 0.2) is 0 Å². The smallest absolute Gasteiger partial charge is 0.326 e. The highest BCUT2D eigenvalue weighted by Crippen LogP contribution is 2.39. The fourth-order valence-electron chi connectivity index (χ4n) is 1.74. The van der Waals surface area contributed by atoms with E-state index in [0.29, 0.717) is 5.92 Å². The molecule has 0 aliphatic heterocycles. The van der Waals surface area contributed by atoms with Gasteiger partial charge >= 0.3 is 6.18 Å². The van der Waals surface area contributed by atoms with Crippen LogP contribution >= 0.6 is 15.9 Å². The normalized spacial score (nSPS) is 22.7. The Balaban J connectivity index is 2.17. The molecule has 1 amide bonds. The van der Waals surface area contributed by atoms with Crippen molar-refractivity contribution in [3.63, 3.8) is 0 Å². The number of halogens is 4. The average molecular weight is 322 g/mol. The van der Waals surface area contributed by atoms with Crippen molar-refractivity contribution in [2.24, 2.45) is 11.8 Å². The van der Waals surface area contributed by atoms with Gasteiger partial charge in [-0.05, 0) is 30.5 Å². The second kappa shape index (κ2) is 4.57. The van der Waals surface area contributed by atoms with E-state index >= 15 is 0 Å². The Hall–Kier alpha value is -1.04. The fraction of sp³-hybridized carbons (Fsp3) is 0.417. The first kappa shape index (κ1) is 13.4. The summed E-state index contributed by atoms with van der Waals surface area (Å²) in [6.45, 7) is 1.94. The van der Waals surface area contributed by atoms with Crippen molar-refractivity contribution in [1.82, 2.24) is 0 Å². The largest absolute Gasteiger partial charge is 0.417 e. The quantitative estimate of drug-likeness (QED) is 0.874. The van der Waals surface area contributed by atoms with Crippen molar-refractivity contribution >= 4 is 27.5 Å². The van der Waals surface area contributed by atoms with Crippen molar-refractivity contribution in [2.75, 3.05) is 5.32 Å². The first-order chi connectivity index (χ1) is 8.29. The van der Waals surface area contributed by atoms with Gasteiger partial charge in [0.25, 0.3) is 0 Å². The molecular weight excluding hydrogens is 311 g/mol. The maximum atomic E-state index is 12.7. The van der Waals surface area contributed by atoms with Gasteiger partial charge in [-0.3, -0.25) is 4.79 Å². The highest BCUT2D eigenvalue weighted by atomic mass is 79.9. The SMILES string of the molecule is C[C@H]1C[C@H]1C(=O)Nc1ccc(Br)c(C(F)(F)F)c1. The molecule has 18 heavy (non-hydrogen) atoms. The number of hydrogen-bond acceptors (Lipinski definition) is 1. The third-order valence-electron chi connectivity index (χ3n) is 2.99. The lowest BCUT2D eigenvalue weighted by Gasteiger charge is -2.11. The zero-order valence-electron chi connectivity index (χ0n) is 9.51. The van der Waals surface area contributed by atoms with Crippen LogP contribution in [0.1, 0.15) is 18.9 Å². The minimum Gasteiger partial charge on any atom is -0.326 e. The second-order valence-corrected chi connectivity index (χ2v) is 5.36. The zero-order valence-corrected chi connectivity index (χ0v) is 11.1. The molecule has 2 nitrogen and oxygen atoms in total. The van der Waals surface area contributed by atoms with E-state index in [-0.39, 0.29) is 22.0 Å². The first-order valence-corrected chi connectivity index (χ1v) is 6.26. The lowest BCUT2D eigenvalue weighted by atomic mass is 10.2. The molecule has 0 bridgehead atoms. The average Bonchev–Trinajstić information content (AvgIpc) is 2.97. The predicted octanol–water partition coefficient (Wildman–Crippen LogP) is 4.06. The number of anilines is 1.